The fourth-order valence-electron chi connectivity index (χ4n) is 2.35. The highest BCUT2D eigenvalue weighted by molar-refractivity contribution is 8.00. The van der Waals surface area contributed by atoms with Gasteiger partial charge in [0.05, 0.1) is 24.0 Å². The molecule has 4 nitrogen and oxygen atoms in total. The molecule has 0 aliphatic heterocycles. The van der Waals surface area contributed by atoms with Gasteiger partial charge in [0.15, 0.2) is 0 Å². The summed E-state index contributed by atoms with van der Waals surface area (Å²) in [5.74, 6) is -3.25. The summed E-state index contributed by atoms with van der Waals surface area (Å²) in [7, 11) is 0. The monoisotopic (exact) mass is 371 g/mol. The van der Waals surface area contributed by atoms with Gasteiger partial charge in [-0.2, -0.15) is 13.2 Å². The van der Waals surface area contributed by atoms with E-state index in [1.54, 1.807) is 12.1 Å². The molecule has 0 aliphatic carbocycles. The largest absolute Gasteiger partial charge is 0.481 e. The van der Waals surface area contributed by atoms with Gasteiger partial charge in [-0.25, -0.2) is 0 Å². The minimum absolute atomic E-state index is 0.353. The Bertz CT molecular complexity index is 764. The van der Waals surface area contributed by atoms with Gasteiger partial charge in [-0.05, 0) is 22.4 Å². The van der Waals surface area contributed by atoms with E-state index < -0.39 is 29.8 Å². The molecule has 2 aromatic rings. The summed E-state index contributed by atoms with van der Waals surface area (Å²) < 4.78 is 36.4. The van der Waals surface area contributed by atoms with E-state index in [2.05, 4.69) is 5.32 Å². The van der Waals surface area contributed by atoms with E-state index in [-0.39, 0.29) is 12.2 Å². The average molecular weight is 371 g/mol. The second-order valence-electron chi connectivity index (χ2n) is 5.43. The van der Waals surface area contributed by atoms with Crippen molar-refractivity contribution in [3.63, 3.8) is 0 Å². The minimum atomic E-state index is -4.34. The van der Waals surface area contributed by atoms with Crippen LogP contribution in [0.5, 0.6) is 0 Å². The molecule has 1 amide bonds. The molecule has 0 spiro atoms. The van der Waals surface area contributed by atoms with Crippen molar-refractivity contribution in [2.75, 3.05) is 11.5 Å². The lowest BCUT2D eigenvalue weighted by molar-refractivity contribution is -0.137. The van der Waals surface area contributed by atoms with E-state index in [4.69, 9.17) is 5.11 Å². The van der Waals surface area contributed by atoms with Crippen LogP contribution in [0.3, 0.4) is 0 Å². The van der Waals surface area contributed by atoms with Gasteiger partial charge in [-0.15, -0.1) is 11.8 Å². The van der Waals surface area contributed by atoms with Gasteiger partial charge in [-0.1, -0.05) is 36.4 Å². The first-order valence-electron chi connectivity index (χ1n) is 7.39. The van der Waals surface area contributed by atoms with Crippen molar-refractivity contribution < 1.29 is 27.9 Å². The van der Waals surface area contributed by atoms with Gasteiger partial charge in [0.2, 0.25) is 5.91 Å². The van der Waals surface area contributed by atoms with Crippen molar-refractivity contribution in [1.82, 2.24) is 5.32 Å². The van der Waals surface area contributed by atoms with Crippen molar-refractivity contribution in [3.05, 3.63) is 48.0 Å². The number of amides is 1. The summed E-state index contributed by atoms with van der Waals surface area (Å²) in [6.45, 7) is 0. The van der Waals surface area contributed by atoms with E-state index in [0.717, 1.165) is 10.8 Å². The molecule has 25 heavy (non-hydrogen) atoms. The molecule has 0 fully saturated rings. The molecular weight excluding hydrogens is 355 g/mol. The van der Waals surface area contributed by atoms with Crippen molar-refractivity contribution in [2.45, 2.75) is 18.6 Å². The Kier molecular flexibility index (Phi) is 6.30. The van der Waals surface area contributed by atoms with Crippen LogP contribution in [0.25, 0.3) is 10.8 Å². The fourth-order valence-corrected chi connectivity index (χ4v) is 2.95. The summed E-state index contributed by atoms with van der Waals surface area (Å²) in [6, 6.07) is 12.0. The molecule has 2 N–H and O–H groups in total. The Balaban J connectivity index is 2.09. The fraction of sp³-hybridized carbons (Fsp3) is 0.294. The lowest BCUT2D eigenvalue weighted by Crippen LogP contribution is -2.32. The molecule has 2 rings (SSSR count). The number of nitrogens with one attached hydrogen (secondary N) is 1. The predicted octanol–water partition coefficient (Wildman–Crippen LogP) is 3.77. The molecule has 0 saturated heterocycles. The van der Waals surface area contributed by atoms with Gasteiger partial charge < -0.3 is 10.4 Å². The number of hydrogen-bond donors (Lipinski definition) is 2. The lowest BCUT2D eigenvalue weighted by atomic mass is 9.99. The zero-order valence-electron chi connectivity index (χ0n) is 13.0. The molecule has 0 unspecified atom stereocenters. The number of rotatable bonds is 7. The second kappa shape index (κ2) is 8.24. The third-order valence-electron chi connectivity index (χ3n) is 3.39. The first kappa shape index (κ1) is 19.1. The first-order valence-corrected chi connectivity index (χ1v) is 8.54. The van der Waals surface area contributed by atoms with E-state index in [1.807, 2.05) is 30.3 Å². The van der Waals surface area contributed by atoms with E-state index in [9.17, 15) is 22.8 Å². The summed E-state index contributed by atoms with van der Waals surface area (Å²) in [4.78, 5) is 22.9. The molecule has 0 aromatic heterocycles. The molecular formula is C17H16F3NO3S. The van der Waals surface area contributed by atoms with Crippen LogP contribution in [0.4, 0.5) is 13.2 Å². The summed E-state index contributed by atoms with van der Waals surface area (Å²) >= 11 is 0.442. The number of alkyl halides is 3. The number of carbonyl (C=O) groups excluding carboxylic acids is 1. The number of aliphatic carboxylic acids is 1. The Morgan fingerprint density at radius 1 is 1.12 bits per heavy atom. The van der Waals surface area contributed by atoms with Crippen molar-refractivity contribution in [3.8, 4) is 0 Å². The van der Waals surface area contributed by atoms with Crippen molar-refractivity contribution >= 4 is 34.4 Å². The molecule has 2 aromatic carbocycles. The smallest absolute Gasteiger partial charge is 0.397 e. The van der Waals surface area contributed by atoms with Gasteiger partial charge >= 0.3 is 12.1 Å². The number of halogens is 3. The molecule has 0 aliphatic rings. The molecule has 134 valence electrons. The van der Waals surface area contributed by atoms with Crippen LogP contribution < -0.4 is 5.32 Å². The minimum Gasteiger partial charge on any atom is -0.481 e. The van der Waals surface area contributed by atoms with Gasteiger partial charge in [-0.3, -0.25) is 9.59 Å². The zero-order valence-corrected chi connectivity index (χ0v) is 13.9. The predicted molar refractivity (Wildman–Crippen MR) is 90.5 cm³/mol. The number of hydrogen-bond acceptors (Lipinski definition) is 3. The van der Waals surface area contributed by atoms with Crippen LogP contribution in [-0.2, 0) is 9.59 Å². The number of benzene rings is 2. The third kappa shape index (κ3) is 6.30. The first-order chi connectivity index (χ1) is 11.7. The molecule has 0 bridgehead atoms. The normalized spacial score (nSPS) is 12.8. The lowest BCUT2D eigenvalue weighted by Gasteiger charge is -2.18. The van der Waals surface area contributed by atoms with Crippen molar-refractivity contribution in [2.24, 2.45) is 0 Å². The van der Waals surface area contributed by atoms with E-state index in [0.29, 0.717) is 17.3 Å². The standard InChI is InChI=1S/C17H16F3NO3S/c18-17(19,20)10-25-9-15(22)21-14(8-16(23)24)13-6-5-11-3-1-2-4-12(11)7-13/h1-7,14H,8-10H2,(H,21,22)(H,23,24)/t14-/m0/s1. The SMILES string of the molecule is O=C(O)C[C@H](NC(=O)CSCC(F)(F)F)c1ccc2ccccc2c1. The number of carboxylic acid groups (broad SMARTS) is 1. The second-order valence-corrected chi connectivity index (χ2v) is 6.42. The maximum absolute atomic E-state index is 12.1. The number of carbonyl (C=O) groups is 2. The summed E-state index contributed by atoms with van der Waals surface area (Å²) in [6.07, 6.45) is -4.70. The Hall–Kier alpha value is -2.22. The van der Waals surface area contributed by atoms with Gasteiger partial charge in [0.25, 0.3) is 0 Å². The van der Waals surface area contributed by atoms with Crippen LogP contribution in [-0.4, -0.2) is 34.7 Å². The quantitative estimate of drug-likeness (QED) is 0.778. The summed E-state index contributed by atoms with van der Waals surface area (Å²) in [5, 5.41) is 13.4. The zero-order chi connectivity index (χ0) is 18.4. The molecule has 8 heteroatoms. The van der Waals surface area contributed by atoms with Gasteiger partial charge in [0, 0.05) is 0 Å². The highest BCUT2D eigenvalue weighted by Gasteiger charge is 2.27. The van der Waals surface area contributed by atoms with Crippen LogP contribution in [0, 0.1) is 0 Å². The van der Waals surface area contributed by atoms with Crippen LogP contribution >= 0.6 is 11.8 Å². The number of thioether (sulfide) groups is 1. The highest BCUT2D eigenvalue weighted by Crippen LogP contribution is 2.24. The maximum Gasteiger partial charge on any atom is 0.397 e. The third-order valence-corrected chi connectivity index (χ3v) is 4.39. The van der Waals surface area contributed by atoms with Crippen LogP contribution in [0.1, 0.15) is 18.0 Å². The average Bonchev–Trinajstić information content (AvgIpc) is 2.52. The Morgan fingerprint density at radius 3 is 2.44 bits per heavy atom. The Labute approximate surface area is 146 Å². The molecule has 0 saturated carbocycles. The molecule has 1 atom stereocenters. The van der Waals surface area contributed by atoms with E-state index in [1.165, 1.54) is 0 Å². The highest BCUT2D eigenvalue weighted by atomic mass is 32.2. The van der Waals surface area contributed by atoms with Crippen LogP contribution in [0.15, 0.2) is 42.5 Å². The molecule has 0 heterocycles. The van der Waals surface area contributed by atoms with Crippen molar-refractivity contribution in [1.29, 1.82) is 0 Å². The van der Waals surface area contributed by atoms with Gasteiger partial charge in [0.1, 0.15) is 0 Å². The van der Waals surface area contributed by atoms with Crippen LogP contribution in [0.2, 0.25) is 0 Å². The molecule has 0 radical (unpaired) electrons. The Morgan fingerprint density at radius 2 is 1.80 bits per heavy atom. The number of carboxylic acids is 1. The maximum atomic E-state index is 12.1. The summed E-state index contributed by atoms with van der Waals surface area (Å²) in [5.41, 5.74) is 0.593. The number of fused-ring (bicyclic) bond motifs is 1. The topological polar surface area (TPSA) is 66.4 Å². The van der Waals surface area contributed by atoms with E-state index >= 15 is 0 Å².